The van der Waals surface area contributed by atoms with Crippen molar-refractivity contribution in [2.24, 2.45) is 0 Å². The van der Waals surface area contributed by atoms with Gasteiger partial charge in [0, 0.05) is 26.2 Å². The van der Waals surface area contributed by atoms with Gasteiger partial charge in [0.05, 0.1) is 6.42 Å². The summed E-state index contributed by atoms with van der Waals surface area (Å²) >= 11 is 0. The number of benzene rings is 2. The second-order valence-corrected chi connectivity index (χ2v) is 5.73. The van der Waals surface area contributed by atoms with Gasteiger partial charge in [-0.25, -0.2) is 0 Å². The van der Waals surface area contributed by atoms with E-state index in [0.717, 1.165) is 16.8 Å². The van der Waals surface area contributed by atoms with E-state index in [-0.39, 0.29) is 11.8 Å². The van der Waals surface area contributed by atoms with Crippen molar-refractivity contribution in [2.45, 2.75) is 26.8 Å². The van der Waals surface area contributed by atoms with Gasteiger partial charge >= 0.3 is 0 Å². The third kappa shape index (κ3) is 4.95. The number of aryl methyl sites for hydroxylation is 1. The van der Waals surface area contributed by atoms with Crippen LogP contribution in [0.15, 0.2) is 48.5 Å². The van der Waals surface area contributed by atoms with Crippen LogP contribution in [0.4, 0.5) is 5.69 Å². The number of amides is 2. The molecular formula is C19H22N2O2. The highest BCUT2D eigenvalue weighted by atomic mass is 16.2. The molecule has 2 aromatic carbocycles. The topological polar surface area (TPSA) is 49.4 Å². The Labute approximate surface area is 137 Å². The van der Waals surface area contributed by atoms with Crippen molar-refractivity contribution >= 4 is 17.5 Å². The van der Waals surface area contributed by atoms with Crippen molar-refractivity contribution in [3.63, 3.8) is 0 Å². The molecule has 0 spiro atoms. The quantitative estimate of drug-likeness (QED) is 0.922. The lowest BCUT2D eigenvalue weighted by atomic mass is 10.1. The number of nitrogens with zero attached hydrogens (tertiary/aromatic N) is 1. The Kier molecular flexibility index (Phi) is 5.52. The number of nitrogens with one attached hydrogen (secondary N) is 1. The summed E-state index contributed by atoms with van der Waals surface area (Å²) < 4.78 is 0. The highest BCUT2D eigenvalue weighted by Gasteiger charge is 2.11. The summed E-state index contributed by atoms with van der Waals surface area (Å²) in [5, 5.41) is 2.71. The smallest absolute Gasteiger partial charge is 0.227 e. The van der Waals surface area contributed by atoms with Gasteiger partial charge in [0.2, 0.25) is 11.8 Å². The first kappa shape index (κ1) is 16.7. The zero-order chi connectivity index (χ0) is 16.8. The lowest BCUT2D eigenvalue weighted by Gasteiger charge is -2.18. The van der Waals surface area contributed by atoms with E-state index in [1.54, 1.807) is 4.90 Å². The number of hydrogen-bond donors (Lipinski definition) is 1. The number of anilines is 1. The average molecular weight is 310 g/mol. The first-order valence-electron chi connectivity index (χ1n) is 7.60. The Hall–Kier alpha value is -2.62. The predicted octanol–water partition coefficient (Wildman–Crippen LogP) is 3.15. The number of hydrogen-bond acceptors (Lipinski definition) is 2. The third-order valence-corrected chi connectivity index (χ3v) is 3.72. The molecular weight excluding hydrogens is 288 g/mol. The molecule has 4 heteroatoms. The summed E-state index contributed by atoms with van der Waals surface area (Å²) in [6.45, 7) is 4.13. The van der Waals surface area contributed by atoms with Crippen molar-refractivity contribution in [3.05, 3.63) is 65.2 Å². The number of rotatable bonds is 5. The Morgan fingerprint density at radius 2 is 1.70 bits per heavy atom. The lowest BCUT2D eigenvalue weighted by molar-refractivity contribution is -0.129. The molecule has 0 saturated carbocycles. The van der Waals surface area contributed by atoms with Crippen LogP contribution in [0.25, 0.3) is 0 Å². The summed E-state index contributed by atoms with van der Waals surface area (Å²) in [5.41, 5.74) is 4.01. The van der Waals surface area contributed by atoms with Gasteiger partial charge in [-0.1, -0.05) is 36.4 Å². The lowest BCUT2D eigenvalue weighted by Crippen LogP contribution is -2.28. The molecule has 0 fully saturated rings. The second kappa shape index (κ2) is 7.58. The van der Waals surface area contributed by atoms with Crippen molar-refractivity contribution in [1.29, 1.82) is 0 Å². The van der Waals surface area contributed by atoms with Crippen LogP contribution in [0, 0.1) is 6.92 Å². The highest BCUT2D eigenvalue weighted by Crippen LogP contribution is 2.13. The largest absolute Gasteiger partial charge is 0.341 e. The molecule has 0 aliphatic rings. The molecule has 1 N–H and O–H groups in total. The van der Waals surface area contributed by atoms with Crippen LogP contribution in [-0.4, -0.2) is 23.8 Å². The number of carbonyl (C=O) groups excluding carboxylic acids is 2. The maximum atomic E-state index is 12.3. The van der Waals surface area contributed by atoms with Crippen LogP contribution >= 0.6 is 0 Å². The fourth-order valence-electron chi connectivity index (χ4n) is 2.35. The zero-order valence-corrected chi connectivity index (χ0v) is 13.8. The zero-order valence-electron chi connectivity index (χ0n) is 13.8. The molecule has 2 amide bonds. The Bertz CT molecular complexity index is 693. The molecule has 2 rings (SSSR count). The molecule has 4 nitrogen and oxygen atoms in total. The van der Waals surface area contributed by atoms with Crippen molar-refractivity contribution in [3.8, 4) is 0 Å². The summed E-state index contributed by atoms with van der Waals surface area (Å²) in [6.07, 6.45) is 0.350. The number of likely N-dealkylation sites (N-methyl/N-ethyl adjacent to an activating group) is 1. The molecule has 0 aromatic heterocycles. The molecule has 120 valence electrons. The van der Waals surface area contributed by atoms with E-state index in [9.17, 15) is 9.59 Å². The van der Waals surface area contributed by atoms with Crippen LogP contribution < -0.4 is 5.32 Å². The van der Waals surface area contributed by atoms with E-state index in [1.165, 1.54) is 12.5 Å². The second-order valence-electron chi connectivity index (χ2n) is 5.73. The average Bonchev–Trinajstić information content (AvgIpc) is 2.51. The molecule has 0 aliphatic carbocycles. The minimum Gasteiger partial charge on any atom is -0.341 e. The normalized spacial score (nSPS) is 10.2. The van der Waals surface area contributed by atoms with Gasteiger partial charge in [-0.2, -0.15) is 0 Å². The minimum absolute atomic E-state index is 0.0699. The van der Waals surface area contributed by atoms with Gasteiger partial charge in [0.25, 0.3) is 0 Å². The van der Waals surface area contributed by atoms with E-state index < -0.39 is 0 Å². The molecule has 0 aliphatic heterocycles. The maximum Gasteiger partial charge on any atom is 0.227 e. The maximum absolute atomic E-state index is 12.3. The Balaban J connectivity index is 1.95. The Morgan fingerprint density at radius 1 is 1.04 bits per heavy atom. The van der Waals surface area contributed by atoms with Gasteiger partial charge < -0.3 is 10.2 Å². The molecule has 23 heavy (non-hydrogen) atoms. The molecule has 0 radical (unpaired) electrons. The molecule has 0 saturated heterocycles. The van der Waals surface area contributed by atoms with Gasteiger partial charge in [-0.3, -0.25) is 9.59 Å². The van der Waals surface area contributed by atoms with Crippen molar-refractivity contribution in [2.75, 3.05) is 12.4 Å². The van der Waals surface area contributed by atoms with Crippen molar-refractivity contribution in [1.82, 2.24) is 4.90 Å². The van der Waals surface area contributed by atoms with Gasteiger partial charge in [-0.05, 0) is 35.7 Å². The van der Waals surface area contributed by atoms with E-state index >= 15 is 0 Å². The van der Waals surface area contributed by atoms with Gasteiger partial charge in [0.1, 0.15) is 0 Å². The standard InChI is InChI=1S/C19H22N2O2/c1-14-6-4-5-7-17(14)13-21(3)19(23)12-16-8-10-18(11-9-16)20-15(2)22/h4-11H,12-13H2,1-3H3,(H,20,22). The fourth-order valence-corrected chi connectivity index (χ4v) is 2.35. The van der Waals surface area contributed by atoms with Crippen LogP contribution in [0.2, 0.25) is 0 Å². The molecule has 0 unspecified atom stereocenters. The van der Waals surface area contributed by atoms with E-state index in [0.29, 0.717) is 13.0 Å². The Morgan fingerprint density at radius 3 is 2.30 bits per heavy atom. The SMILES string of the molecule is CC(=O)Nc1ccc(CC(=O)N(C)Cc2ccccc2C)cc1. The molecule has 0 atom stereocenters. The summed E-state index contributed by atoms with van der Waals surface area (Å²) in [4.78, 5) is 25.1. The van der Waals surface area contributed by atoms with Crippen LogP contribution in [-0.2, 0) is 22.6 Å². The van der Waals surface area contributed by atoms with E-state index in [1.807, 2.05) is 62.5 Å². The van der Waals surface area contributed by atoms with Crippen LogP contribution in [0.5, 0.6) is 0 Å². The molecule has 0 bridgehead atoms. The fraction of sp³-hybridized carbons (Fsp3) is 0.263. The predicted molar refractivity (Wildman–Crippen MR) is 92.1 cm³/mol. The van der Waals surface area contributed by atoms with Crippen molar-refractivity contribution < 1.29 is 9.59 Å². The summed E-state index contributed by atoms with van der Waals surface area (Å²) in [7, 11) is 1.82. The monoisotopic (exact) mass is 310 g/mol. The molecule has 2 aromatic rings. The van der Waals surface area contributed by atoms with E-state index in [2.05, 4.69) is 5.32 Å². The van der Waals surface area contributed by atoms with Crippen LogP contribution in [0.1, 0.15) is 23.6 Å². The summed E-state index contributed by atoms with van der Waals surface area (Å²) in [6, 6.07) is 15.4. The van der Waals surface area contributed by atoms with E-state index in [4.69, 9.17) is 0 Å². The summed E-state index contributed by atoms with van der Waals surface area (Å²) in [5.74, 6) is -0.0349. The van der Waals surface area contributed by atoms with Gasteiger partial charge in [-0.15, -0.1) is 0 Å². The minimum atomic E-state index is -0.105. The number of carbonyl (C=O) groups is 2. The first-order chi connectivity index (χ1) is 11.0. The molecule has 0 heterocycles. The van der Waals surface area contributed by atoms with Gasteiger partial charge in [0.15, 0.2) is 0 Å². The third-order valence-electron chi connectivity index (χ3n) is 3.72. The highest BCUT2D eigenvalue weighted by molar-refractivity contribution is 5.88. The first-order valence-corrected chi connectivity index (χ1v) is 7.60. The van der Waals surface area contributed by atoms with Crippen LogP contribution in [0.3, 0.4) is 0 Å².